The van der Waals surface area contributed by atoms with Crippen LogP contribution in [-0.4, -0.2) is 34.9 Å². The molecule has 0 saturated carbocycles. The molecule has 3 aromatic rings. The van der Waals surface area contributed by atoms with Gasteiger partial charge in [0.2, 0.25) is 0 Å². The second-order valence-electron chi connectivity index (χ2n) is 5.57. The maximum Gasteiger partial charge on any atom is 0.311 e. The molecular formula is C16H15N3O4S. The van der Waals surface area contributed by atoms with E-state index < -0.39 is 0 Å². The Morgan fingerprint density at radius 3 is 3.12 bits per heavy atom. The van der Waals surface area contributed by atoms with Gasteiger partial charge in [-0.3, -0.25) is 14.7 Å². The third-order valence-corrected chi connectivity index (χ3v) is 5.35. The highest BCUT2D eigenvalue weighted by Gasteiger charge is 2.25. The minimum atomic E-state index is -0.377. The first kappa shape index (κ1) is 14.9. The number of hydrogen-bond acceptors (Lipinski definition) is 6. The summed E-state index contributed by atoms with van der Waals surface area (Å²) in [6.07, 6.45) is 5.10. The Hall–Kier alpha value is -2.61. The number of rotatable bonds is 3. The third kappa shape index (κ3) is 2.30. The number of aromatic amines is 2. The van der Waals surface area contributed by atoms with Gasteiger partial charge < -0.3 is 14.5 Å². The number of hydrogen-bond donors (Lipinski definition) is 2. The van der Waals surface area contributed by atoms with Crippen molar-refractivity contribution in [3.63, 3.8) is 0 Å². The summed E-state index contributed by atoms with van der Waals surface area (Å²) in [6, 6.07) is 0. The fraction of sp³-hybridized carbons (Fsp3) is 0.312. The predicted octanol–water partition coefficient (Wildman–Crippen LogP) is 2.02. The van der Waals surface area contributed by atoms with E-state index in [4.69, 9.17) is 9.47 Å². The number of nitrogens with zero attached hydrogens (tertiary/aromatic N) is 1. The number of esters is 1. The molecule has 4 heterocycles. The van der Waals surface area contributed by atoms with Crippen LogP contribution in [-0.2, 0) is 22.4 Å². The Morgan fingerprint density at radius 2 is 2.38 bits per heavy atom. The Kier molecular flexibility index (Phi) is 3.61. The molecule has 0 atom stereocenters. The molecule has 1 aliphatic rings. The number of ether oxygens (including phenoxy) is 2. The first-order chi connectivity index (χ1) is 11.7. The average molecular weight is 345 g/mol. The molecule has 24 heavy (non-hydrogen) atoms. The van der Waals surface area contributed by atoms with Gasteiger partial charge >= 0.3 is 5.97 Å². The van der Waals surface area contributed by atoms with Gasteiger partial charge in [-0.1, -0.05) is 0 Å². The summed E-state index contributed by atoms with van der Waals surface area (Å²) >= 11 is 1.38. The average Bonchev–Trinajstić information content (AvgIpc) is 3.16. The van der Waals surface area contributed by atoms with Crippen molar-refractivity contribution in [3.05, 3.63) is 34.0 Å². The molecule has 2 N–H and O–H groups in total. The van der Waals surface area contributed by atoms with E-state index in [1.165, 1.54) is 18.4 Å². The number of pyridine rings is 1. The Bertz CT molecular complexity index is 972. The van der Waals surface area contributed by atoms with Crippen molar-refractivity contribution in [1.82, 2.24) is 15.2 Å². The topological polar surface area (TPSA) is 97.1 Å². The van der Waals surface area contributed by atoms with Gasteiger partial charge in [0.1, 0.15) is 10.4 Å². The van der Waals surface area contributed by atoms with Gasteiger partial charge in [0.25, 0.3) is 5.56 Å². The van der Waals surface area contributed by atoms with Crippen molar-refractivity contribution in [1.29, 1.82) is 0 Å². The monoisotopic (exact) mass is 345 g/mol. The highest BCUT2D eigenvalue weighted by molar-refractivity contribution is 7.22. The Balaban J connectivity index is 2.01. The van der Waals surface area contributed by atoms with E-state index in [1.807, 2.05) is 0 Å². The van der Waals surface area contributed by atoms with Crippen LogP contribution < -0.4 is 10.3 Å². The van der Waals surface area contributed by atoms with Crippen LogP contribution in [0.4, 0.5) is 0 Å². The number of carbonyl (C=O) groups is 1. The van der Waals surface area contributed by atoms with E-state index in [1.54, 1.807) is 12.4 Å². The van der Waals surface area contributed by atoms with Crippen LogP contribution in [0, 0.1) is 0 Å². The molecular weight excluding hydrogens is 330 g/mol. The molecule has 0 radical (unpaired) electrons. The lowest BCUT2D eigenvalue weighted by Gasteiger charge is -2.08. The molecule has 7 nitrogen and oxygen atoms in total. The van der Waals surface area contributed by atoms with E-state index in [-0.39, 0.29) is 17.9 Å². The van der Waals surface area contributed by atoms with Crippen molar-refractivity contribution in [2.75, 3.05) is 13.7 Å². The van der Waals surface area contributed by atoms with Crippen LogP contribution in [0.15, 0.2) is 17.2 Å². The van der Waals surface area contributed by atoms with E-state index in [0.29, 0.717) is 22.8 Å². The summed E-state index contributed by atoms with van der Waals surface area (Å²) in [5, 5.41) is 7.58. The van der Waals surface area contributed by atoms with Crippen LogP contribution >= 0.6 is 11.3 Å². The van der Waals surface area contributed by atoms with Gasteiger partial charge in [0.15, 0.2) is 0 Å². The van der Waals surface area contributed by atoms with Crippen molar-refractivity contribution < 1.29 is 14.3 Å². The maximum atomic E-state index is 12.5. The van der Waals surface area contributed by atoms with Crippen molar-refractivity contribution >= 4 is 27.4 Å². The second kappa shape index (κ2) is 5.79. The minimum absolute atomic E-state index is 0.0490. The standard InChI is InChI=1S/C16H15N3O4S/c1-22-11(20)5-10-9-3-2-4-23-13-12(9)15(16(21)19-10)24-14(13)8-6-17-18-7-8/h6-7H,2-5H2,1H3,(H,17,18)(H,19,21). The zero-order valence-electron chi connectivity index (χ0n) is 13.0. The van der Waals surface area contributed by atoms with Gasteiger partial charge in [-0.2, -0.15) is 5.10 Å². The summed E-state index contributed by atoms with van der Waals surface area (Å²) in [7, 11) is 1.34. The van der Waals surface area contributed by atoms with Crippen molar-refractivity contribution in [2.45, 2.75) is 19.3 Å². The van der Waals surface area contributed by atoms with E-state index in [2.05, 4.69) is 15.2 Å². The number of H-pyrrole nitrogens is 2. The summed E-state index contributed by atoms with van der Waals surface area (Å²) in [5.74, 6) is 0.333. The number of methoxy groups -OCH3 is 1. The number of carbonyl (C=O) groups excluding carboxylic acids is 1. The zero-order valence-corrected chi connectivity index (χ0v) is 13.8. The molecule has 4 rings (SSSR count). The summed E-state index contributed by atoms with van der Waals surface area (Å²) in [4.78, 5) is 28.0. The fourth-order valence-corrected chi connectivity index (χ4v) is 4.19. The molecule has 0 saturated heterocycles. The molecule has 0 aromatic carbocycles. The van der Waals surface area contributed by atoms with E-state index in [9.17, 15) is 9.59 Å². The molecule has 8 heteroatoms. The summed E-state index contributed by atoms with van der Waals surface area (Å²) < 4.78 is 11.3. The summed E-state index contributed by atoms with van der Waals surface area (Å²) in [5.41, 5.74) is 2.25. The lowest BCUT2D eigenvalue weighted by molar-refractivity contribution is -0.139. The predicted molar refractivity (Wildman–Crippen MR) is 89.6 cm³/mol. The molecule has 3 aromatic heterocycles. The first-order valence-corrected chi connectivity index (χ1v) is 8.40. The second-order valence-corrected chi connectivity index (χ2v) is 6.59. The molecule has 0 unspecified atom stereocenters. The van der Waals surface area contributed by atoms with Crippen LogP contribution in [0.25, 0.3) is 20.5 Å². The fourth-order valence-electron chi connectivity index (χ4n) is 3.04. The van der Waals surface area contributed by atoms with Crippen LogP contribution in [0.1, 0.15) is 17.7 Å². The lowest BCUT2D eigenvalue weighted by atomic mass is 10.0. The smallest absolute Gasteiger partial charge is 0.311 e. The zero-order chi connectivity index (χ0) is 16.7. The van der Waals surface area contributed by atoms with Gasteiger partial charge in [-0.25, -0.2) is 0 Å². The number of thiophene rings is 1. The number of nitrogens with one attached hydrogen (secondary N) is 2. The molecule has 0 bridgehead atoms. The molecule has 0 fully saturated rings. The minimum Gasteiger partial charge on any atom is -0.491 e. The van der Waals surface area contributed by atoms with Crippen molar-refractivity contribution in [2.24, 2.45) is 0 Å². The van der Waals surface area contributed by atoms with Crippen LogP contribution in [0.3, 0.4) is 0 Å². The van der Waals surface area contributed by atoms with Gasteiger partial charge in [-0.05, 0) is 18.4 Å². The summed E-state index contributed by atoms with van der Waals surface area (Å²) in [6.45, 7) is 0.567. The van der Waals surface area contributed by atoms with Crippen molar-refractivity contribution in [3.8, 4) is 16.2 Å². The SMILES string of the molecule is COC(=O)Cc1[nH]c(=O)c2sc(-c3cn[nH]c3)c3c2c1CCCO3. The number of aryl methyl sites for hydroxylation is 1. The molecule has 0 aliphatic carbocycles. The van der Waals surface area contributed by atoms with E-state index in [0.717, 1.165) is 34.2 Å². The van der Waals surface area contributed by atoms with Gasteiger partial charge in [0.05, 0.1) is 31.2 Å². The maximum absolute atomic E-state index is 12.5. The van der Waals surface area contributed by atoms with Gasteiger partial charge in [-0.15, -0.1) is 11.3 Å². The Labute approximate surface area is 140 Å². The Morgan fingerprint density at radius 1 is 1.50 bits per heavy atom. The largest absolute Gasteiger partial charge is 0.491 e. The molecule has 124 valence electrons. The molecule has 1 aliphatic heterocycles. The molecule has 0 amide bonds. The van der Waals surface area contributed by atoms with Crippen LogP contribution in [0.5, 0.6) is 5.75 Å². The highest BCUT2D eigenvalue weighted by atomic mass is 32.1. The third-order valence-electron chi connectivity index (χ3n) is 4.13. The lowest BCUT2D eigenvalue weighted by Crippen LogP contribution is -2.15. The molecule has 0 spiro atoms. The normalized spacial score (nSPS) is 13.5. The van der Waals surface area contributed by atoms with E-state index >= 15 is 0 Å². The van der Waals surface area contributed by atoms with Gasteiger partial charge in [0, 0.05) is 22.8 Å². The number of aromatic nitrogens is 3. The first-order valence-electron chi connectivity index (χ1n) is 7.58. The quantitative estimate of drug-likeness (QED) is 0.708. The highest BCUT2D eigenvalue weighted by Crippen LogP contribution is 2.46. The van der Waals surface area contributed by atoms with Crippen LogP contribution in [0.2, 0.25) is 0 Å².